The lowest BCUT2D eigenvalue weighted by Crippen LogP contribution is -2.58. The molecule has 3 aliphatic rings. The molecule has 2 fully saturated rings. The van der Waals surface area contributed by atoms with Gasteiger partial charge in [-0.2, -0.15) is 23.2 Å². The molecule has 0 spiro atoms. The van der Waals surface area contributed by atoms with Crippen molar-refractivity contribution in [1.29, 1.82) is 0 Å². The summed E-state index contributed by atoms with van der Waals surface area (Å²) < 4.78 is 66.6. The maximum Gasteiger partial charge on any atom is 0.421 e. The standard InChI is InChI=1S/C37H37F3N10O6S/c1-46(57(2,55)56)27-5-3-4-23(18-27)20-41-32-30(37(38,39)40)21-42-35(45-32)43-25-7-9-26(10-8-25)48-16-14-47(15-17-48)22-24-6-11-28-29(19-24)34(53)50(33(28)52)49-13-12-31(51)44-36(49)54/h3-11,18-19,21H,12-17,20,22H2,1-2H3,(H,44,51,54)(H2,41,42,43,45). The second-order valence-corrected chi connectivity index (χ2v) is 15.7. The van der Waals surface area contributed by atoms with Gasteiger partial charge in [-0.05, 0) is 59.7 Å². The number of imide groups is 2. The number of aromatic nitrogens is 2. The number of carbonyl (C=O) groups excluding carboxylic acids is 4. The van der Waals surface area contributed by atoms with Gasteiger partial charge < -0.3 is 15.5 Å². The van der Waals surface area contributed by atoms with Crippen LogP contribution >= 0.6 is 0 Å². The van der Waals surface area contributed by atoms with Crippen molar-refractivity contribution in [2.24, 2.45) is 0 Å². The number of anilines is 5. The lowest BCUT2D eigenvalue weighted by atomic mass is 10.1. The molecule has 0 saturated carbocycles. The van der Waals surface area contributed by atoms with Crippen molar-refractivity contribution in [3.05, 3.63) is 101 Å². The molecule has 298 valence electrons. The number of carbonyl (C=O) groups is 4. The third-order valence-corrected chi connectivity index (χ3v) is 11.0. The highest BCUT2D eigenvalue weighted by atomic mass is 32.2. The van der Waals surface area contributed by atoms with Gasteiger partial charge in [-0.1, -0.05) is 18.2 Å². The lowest BCUT2D eigenvalue weighted by Gasteiger charge is -2.36. The van der Waals surface area contributed by atoms with E-state index in [0.717, 1.165) is 31.8 Å². The van der Waals surface area contributed by atoms with E-state index in [1.807, 2.05) is 12.1 Å². The van der Waals surface area contributed by atoms with Gasteiger partial charge in [-0.25, -0.2) is 23.2 Å². The fourth-order valence-electron chi connectivity index (χ4n) is 6.67. The van der Waals surface area contributed by atoms with Crippen molar-refractivity contribution < 1.29 is 40.8 Å². The van der Waals surface area contributed by atoms with Crippen molar-refractivity contribution in [3.63, 3.8) is 0 Å². The Labute approximate surface area is 325 Å². The molecule has 57 heavy (non-hydrogen) atoms. The van der Waals surface area contributed by atoms with E-state index in [1.54, 1.807) is 54.6 Å². The number of piperazine rings is 1. The van der Waals surface area contributed by atoms with E-state index in [9.17, 15) is 40.8 Å². The van der Waals surface area contributed by atoms with E-state index >= 15 is 0 Å². The average Bonchev–Trinajstić information content (AvgIpc) is 3.41. The minimum absolute atomic E-state index is 0.0240. The maximum atomic E-state index is 13.9. The van der Waals surface area contributed by atoms with Crippen molar-refractivity contribution in [1.82, 2.24) is 30.2 Å². The van der Waals surface area contributed by atoms with Crippen LogP contribution in [-0.4, -0.2) is 103 Å². The molecule has 5 amide bonds. The maximum absolute atomic E-state index is 13.9. The molecule has 0 aliphatic carbocycles. The normalized spacial score (nSPS) is 16.5. The highest BCUT2D eigenvalue weighted by molar-refractivity contribution is 7.92. The average molecular weight is 807 g/mol. The van der Waals surface area contributed by atoms with Crippen molar-refractivity contribution >= 4 is 62.6 Å². The minimum atomic E-state index is -4.73. The van der Waals surface area contributed by atoms with Gasteiger partial charge in [-0.15, -0.1) is 0 Å². The summed E-state index contributed by atoms with van der Waals surface area (Å²) >= 11 is 0. The smallest absolute Gasteiger partial charge is 0.369 e. The second kappa shape index (κ2) is 15.3. The third-order valence-electron chi connectivity index (χ3n) is 9.80. The molecule has 0 atom stereocenters. The van der Waals surface area contributed by atoms with Crippen LogP contribution in [0, 0.1) is 0 Å². The molecular formula is C37H37F3N10O6S. The first-order chi connectivity index (χ1) is 27.0. The van der Waals surface area contributed by atoms with Gasteiger partial charge in [0.1, 0.15) is 11.4 Å². The summed E-state index contributed by atoms with van der Waals surface area (Å²) in [5.74, 6) is -2.21. The molecule has 16 nitrogen and oxygen atoms in total. The summed E-state index contributed by atoms with van der Waals surface area (Å²) in [6.45, 7) is 3.17. The number of rotatable bonds is 11. The van der Waals surface area contributed by atoms with E-state index in [2.05, 4.69) is 35.7 Å². The summed E-state index contributed by atoms with van der Waals surface area (Å²) in [7, 11) is -2.15. The van der Waals surface area contributed by atoms with Crippen molar-refractivity contribution in [3.8, 4) is 0 Å². The number of amides is 5. The predicted octanol–water partition coefficient (Wildman–Crippen LogP) is 4.02. The predicted molar refractivity (Wildman–Crippen MR) is 203 cm³/mol. The lowest BCUT2D eigenvalue weighted by molar-refractivity contribution is -0.137. The summed E-state index contributed by atoms with van der Waals surface area (Å²) in [5.41, 5.74) is 2.55. The van der Waals surface area contributed by atoms with Crippen LogP contribution in [0.4, 0.5) is 46.8 Å². The Balaban J connectivity index is 0.947. The van der Waals surface area contributed by atoms with Crippen LogP contribution in [0.5, 0.6) is 0 Å². The van der Waals surface area contributed by atoms with Crippen LogP contribution in [0.3, 0.4) is 0 Å². The number of nitrogens with one attached hydrogen (secondary N) is 3. The molecule has 7 rings (SSSR count). The molecule has 0 radical (unpaired) electrons. The summed E-state index contributed by atoms with van der Waals surface area (Å²) in [4.78, 5) is 62.5. The van der Waals surface area contributed by atoms with E-state index in [1.165, 1.54) is 7.05 Å². The molecule has 1 aromatic heterocycles. The van der Waals surface area contributed by atoms with Crippen LogP contribution in [0.1, 0.15) is 43.8 Å². The monoisotopic (exact) mass is 806 g/mol. The van der Waals surface area contributed by atoms with Gasteiger partial charge in [0.25, 0.3) is 11.8 Å². The first kappa shape index (κ1) is 39.0. The highest BCUT2D eigenvalue weighted by Gasteiger charge is 2.43. The topological polar surface area (TPSA) is 180 Å². The van der Waals surface area contributed by atoms with Gasteiger partial charge >= 0.3 is 12.2 Å². The van der Waals surface area contributed by atoms with Gasteiger partial charge in [0.05, 0.1) is 29.6 Å². The van der Waals surface area contributed by atoms with E-state index < -0.39 is 51.3 Å². The number of alkyl halides is 3. The number of urea groups is 1. The molecule has 4 heterocycles. The fraction of sp³-hybridized carbons (Fsp3) is 0.297. The zero-order valence-corrected chi connectivity index (χ0v) is 31.5. The largest absolute Gasteiger partial charge is 0.421 e. The number of nitrogens with zero attached hydrogens (tertiary/aromatic N) is 7. The van der Waals surface area contributed by atoms with Crippen LogP contribution in [0.2, 0.25) is 0 Å². The summed E-state index contributed by atoms with van der Waals surface area (Å²) in [6, 6.07) is 17.9. The molecule has 4 aromatic rings. The molecule has 20 heteroatoms. The van der Waals surface area contributed by atoms with Gasteiger partial charge in [0, 0.05) is 70.3 Å². The third kappa shape index (κ3) is 8.46. The molecule has 3 N–H and O–H groups in total. The van der Waals surface area contributed by atoms with Gasteiger partial charge in [0.2, 0.25) is 21.9 Å². The van der Waals surface area contributed by atoms with E-state index in [4.69, 9.17) is 0 Å². The molecule has 3 aromatic carbocycles. The number of hydrogen-bond acceptors (Lipinski definition) is 12. The number of hydrogen-bond donors (Lipinski definition) is 3. The number of hydrazine groups is 1. The minimum Gasteiger partial charge on any atom is -0.369 e. The zero-order valence-electron chi connectivity index (χ0n) is 30.7. The number of halogens is 3. The van der Waals surface area contributed by atoms with Crippen LogP contribution in [0.15, 0.2) is 72.9 Å². The SMILES string of the molecule is CN(c1cccc(CNc2nc(Nc3ccc(N4CCN(Cc5ccc6c(c5)C(=O)N(N5CCC(=O)NC5=O)C6=O)CC4)cc3)ncc2C(F)(F)F)c1)S(C)(=O)=O. The number of fused-ring (bicyclic) bond motifs is 1. The molecular weight excluding hydrogens is 770 g/mol. The van der Waals surface area contributed by atoms with Gasteiger partial charge in [-0.3, -0.25) is 28.9 Å². The van der Waals surface area contributed by atoms with Gasteiger partial charge in [0.15, 0.2) is 0 Å². The fourth-order valence-corrected chi connectivity index (χ4v) is 7.17. The quantitative estimate of drug-likeness (QED) is 0.186. The van der Waals surface area contributed by atoms with Crippen molar-refractivity contribution in [2.45, 2.75) is 25.7 Å². The highest BCUT2D eigenvalue weighted by Crippen LogP contribution is 2.35. The Hall–Kier alpha value is -6.28. The summed E-state index contributed by atoms with van der Waals surface area (Å²) in [5, 5.41) is 9.56. The summed E-state index contributed by atoms with van der Waals surface area (Å²) in [6.07, 6.45) is -3.00. The Kier molecular flexibility index (Phi) is 10.5. The second-order valence-electron chi connectivity index (χ2n) is 13.7. The number of benzene rings is 3. The van der Waals surface area contributed by atoms with Crippen LogP contribution < -0.4 is 25.2 Å². The Morgan fingerprint density at radius 1 is 0.877 bits per heavy atom. The molecule has 3 aliphatic heterocycles. The Morgan fingerprint density at radius 3 is 2.28 bits per heavy atom. The first-order valence-electron chi connectivity index (χ1n) is 17.7. The molecule has 0 bridgehead atoms. The van der Waals surface area contributed by atoms with Crippen LogP contribution in [-0.2, 0) is 34.1 Å². The molecule has 2 saturated heterocycles. The van der Waals surface area contributed by atoms with Crippen molar-refractivity contribution in [2.75, 3.05) is 65.9 Å². The zero-order chi connectivity index (χ0) is 40.6. The van der Waals surface area contributed by atoms with Crippen LogP contribution in [0.25, 0.3) is 0 Å². The number of sulfonamides is 1. The Morgan fingerprint density at radius 2 is 1.60 bits per heavy atom. The Bertz CT molecular complexity index is 2350. The van der Waals surface area contributed by atoms with E-state index in [-0.39, 0.29) is 36.6 Å². The molecule has 0 unspecified atom stereocenters. The van der Waals surface area contributed by atoms with E-state index in [0.29, 0.717) is 55.9 Å². The first-order valence-corrected chi connectivity index (χ1v) is 19.6.